The Labute approximate surface area is 119 Å². The van der Waals surface area contributed by atoms with Gasteiger partial charge in [-0.25, -0.2) is 0 Å². The number of benzene rings is 1. The van der Waals surface area contributed by atoms with E-state index in [4.69, 9.17) is 0 Å². The van der Waals surface area contributed by atoms with E-state index in [-0.39, 0.29) is 17.9 Å². The van der Waals surface area contributed by atoms with Gasteiger partial charge in [-0.2, -0.15) is 0 Å². The summed E-state index contributed by atoms with van der Waals surface area (Å²) in [6.45, 7) is 6.68. The summed E-state index contributed by atoms with van der Waals surface area (Å²) in [6, 6.07) is 10.1. The number of nitrogens with one attached hydrogen (secondary N) is 1. The molecule has 0 aliphatic carbocycles. The molecule has 4 heteroatoms. The molecule has 0 saturated carbocycles. The van der Waals surface area contributed by atoms with Crippen LogP contribution in [-0.4, -0.2) is 28.7 Å². The summed E-state index contributed by atoms with van der Waals surface area (Å²) in [5, 5.41) is 13.2. The van der Waals surface area contributed by atoms with Gasteiger partial charge in [0.1, 0.15) is 6.54 Å². The molecule has 108 valence electrons. The largest absolute Gasteiger partial charge is 0.396 e. The molecule has 20 heavy (non-hydrogen) atoms. The van der Waals surface area contributed by atoms with Crippen molar-refractivity contribution >= 4 is 16.8 Å². The van der Waals surface area contributed by atoms with Crippen LogP contribution < -0.4 is 5.32 Å². The Morgan fingerprint density at radius 2 is 2.05 bits per heavy atom. The van der Waals surface area contributed by atoms with Gasteiger partial charge >= 0.3 is 0 Å². The van der Waals surface area contributed by atoms with Gasteiger partial charge in [-0.05, 0) is 24.4 Å². The molecule has 0 aliphatic heterocycles. The van der Waals surface area contributed by atoms with E-state index in [2.05, 4.69) is 11.4 Å². The van der Waals surface area contributed by atoms with E-state index in [9.17, 15) is 9.90 Å². The van der Waals surface area contributed by atoms with E-state index in [1.807, 2.05) is 49.6 Å². The lowest BCUT2D eigenvalue weighted by Gasteiger charge is -2.22. The Morgan fingerprint density at radius 1 is 1.35 bits per heavy atom. The molecule has 1 aromatic heterocycles. The van der Waals surface area contributed by atoms with E-state index in [1.165, 1.54) is 0 Å². The molecule has 0 aliphatic rings. The van der Waals surface area contributed by atoms with Crippen molar-refractivity contribution in [1.82, 2.24) is 9.88 Å². The minimum absolute atomic E-state index is 0.0315. The maximum Gasteiger partial charge on any atom is 0.239 e. The number of aliphatic hydroxyl groups is 1. The summed E-state index contributed by atoms with van der Waals surface area (Å²) in [4.78, 5) is 12.1. The number of fused-ring (bicyclic) bond motifs is 1. The van der Waals surface area contributed by atoms with Gasteiger partial charge < -0.3 is 15.0 Å². The quantitative estimate of drug-likeness (QED) is 0.877. The first-order chi connectivity index (χ1) is 9.43. The molecule has 0 atom stereocenters. The average Bonchev–Trinajstić information content (AvgIpc) is 2.73. The molecule has 0 fully saturated rings. The maximum atomic E-state index is 12.1. The number of aromatic nitrogens is 1. The molecule has 0 radical (unpaired) electrons. The Hall–Kier alpha value is -1.81. The number of carbonyl (C=O) groups excluding carboxylic acids is 1. The first-order valence-corrected chi connectivity index (χ1v) is 6.85. The van der Waals surface area contributed by atoms with Crippen LogP contribution in [0.15, 0.2) is 30.3 Å². The standard InChI is InChI=1S/C16H22N2O2/c1-12-8-13-6-4-5-7-14(13)18(12)9-15(20)17-10-16(2,3)11-19/h4-8,19H,9-11H2,1-3H3,(H,17,20). The van der Waals surface area contributed by atoms with Gasteiger partial charge in [0.05, 0.1) is 0 Å². The van der Waals surface area contributed by atoms with Crippen molar-refractivity contribution < 1.29 is 9.90 Å². The zero-order chi connectivity index (χ0) is 14.8. The lowest BCUT2D eigenvalue weighted by Crippen LogP contribution is -2.37. The highest BCUT2D eigenvalue weighted by Gasteiger charge is 2.18. The molecular weight excluding hydrogens is 252 g/mol. The van der Waals surface area contributed by atoms with Crippen LogP contribution in [0, 0.1) is 12.3 Å². The molecular formula is C16H22N2O2. The van der Waals surface area contributed by atoms with E-state index in [0.29, 0.717) is 13.1 Å². The molecule has 2 N–H and O–H groups in total. The number of carbonyl (C=O) groups is 1. The van der Waals surface area contributed by atoms with Crippen LogP contribution in [0.3, 0.4) is 0 Å². The number of nitrogens with zero attached hydrogens (tertiary/aromatic N) is 1. The lowest BCUT2D eigenvalue weighted by molar-refractivity contribution is -0.122. The molecule has 0 saturated heterocycles. The van der Waals surface area contributed by atoms with Gasteiger partial charge in [-0.3, -0.25) is 4.79 Å². The predicted octanol–water partition coefficient (Wildman–Crippen LogP) is 2.08. The summed E-state index contributed by atoms with van der Waals surface area (Å²) >= 11 is 0. The molecule has 1 amide bonds. The second kappa shape index (κ2) is 5.67. The first kappa shape index (κ1) is 14.6. The van der Waals surface area contributed by atoms with Crippen molar-refractivity contribution in [2.45, 2.75) is 27.3 Å². The predicted molar refractivity (Wildman–Crippen MR) is 80.6 cm³/mol. The van der Waals surface area contributed by atoms with E-state index in [0.717, 1.165) is 16.6 Å². The summed E-state index contributed by atoms with van der Waals surface area (Å²) in [5.41, 5.74) is 1.85. The van der Waals surface area contributed by atoms with Gasteiger partial charge in [0.15, 0.2) is 0 Å². The fourth-order valence-corrected chi connectivity index (χ4v) is 2.15. The summed E-state index contributed by atoms with van der Waals surface area (Å²) < 4.78 is 2.01. The number of aliphatic hydroxyl groups excluding tert-OH is 1. The zero-order valence-electron chi connectivity index (χ0n) is 12.3. The Bertz CT molecular complexity index is 614. The van der Waals surface area contributed by atoms with Crippen LogP contribution in [0.1, 0.15) is 19.5 Å². The zero-order valence-corrected chi connectivity index (χ0v) is 12.3. The third kappa shape index (κ3) is 3.20. The van der Waals surface area contributed by atoms with Gasteiger partial charge in [-0.1, -0.05) is 32.0 Å². The summed E-state index contributed by atoms with van der Waals surface area (Å²) in [5.74, 6) is -0.0315. The van der Waals surface area contributed by atoms with Crippen LogP contribution in [0.4, 0.5) is 0 Å². The maximum absolute atomic E-state index is 12.1. The van der Waals surface area contributed by atoms with E-state index < -0.39 is 0 Å². The third-order valence-electron chi connectivity index (χ3n) is 3.51. The Morgan fingerprint density at radius 3 is 2.75 bits per heavy atom. The topological polar surface area (TPSA) is 54.3 Å². The average molecular weight is 274 g/mol. The second-order valence-corrected chi connectivity index (χ2v) is 6.03. The van der Waals surface area contributed by atoms with Crippen LogP contribution in [0.25, 0.3) is 10.9 Å². The van der Waals surface area contributed by atoms with Crippen LogP contribution in [0.2, 0.25) is 0 Å². The van der Waals surface area contributed by atoms with Crippen molar-refractivity contribution in [2.24, 2.45) is 5.41 Å². The molecule has 4 nitrogen and oxygen atoms in total. The fourth-order valence-electron chi connectivity index (χ4n) is 2.15. The van der Waals surface area contributed by atoms with Crippen molar-refractivity contribution in [3.63, 3.8) is 0 Å². The van der Waals surface area contributed by atoms with Gasteiger partial charge in [0.2, 0.25) is 5.91 Å². The minimum Gasteiger partial charge on any atom is -0.396 e. The molecule has 1 heterocycles. The number of amides is 1. The van der Waals surface area contributed by atoms with Crippen LogP contribution >= 0.6 is 0 Å². The molecule has 2 aromatic rings. The van der Waals surface area contributed by atoms with E-state index >= 15 is 0 Å². The van der Waals surface area contributed by atoms with Crippen LogP contribution in [-0.2, 0) is 11.3 Å². The lowest BCUT2D eigenvalue weighted by atomic mass is 9.95. The highest BCUT2D eigenvalue weighted by atomic mass is 16.3. The number of hydrogen-bond donors (Lipinski definition) is 2. The number of para-hydroxylation sites is 1. The number of aryl methyl sites for hydroxylation is 1. The summed E-state index contributed by atoms with van der Waals surface area (Å²) in [6.07, 6.45) is 0. The monoisotopic (exact) mass is 274 g/mol. The molecule has 0 spiro atoms. The van der Waals surface area contributed by atoms with Crippen LogP contribution in [0.5, 0.6) is 0 Å². The highest BCUT2D eigenvalue weighted by molar-refractivity contribution is 5.84. The summed E-state index contributed by atoms with van der Waals surface area (Å²) in [7, 11) is 0. The fraction of sp³-hybridized carbons (Fsp3) is 0.438. The van der Waals surface area contributed by atoms with Crippen molar-refractivity contribution in [2.75, 3.05) is 13.2 Å². The molecule has 1 aromatic carbocycles. The molecule has 0 unspecified atom stereocenters. The van der Waals surface area contributed by atoms with Crippen molar-refractivity contribution in [3.05, 3.63) is 36.0 Å². The second-order valence-electron chi connectivity index (χ2n) is 6.03. The molecule has 0 bridgehead atoms. The minimum atomic E-state index is -0.288. The Kier molecular flexibility index (Phi) is 4.14. The van der Waals surface area contributed by atoms with E-state index in [1.54, 1.807) is 0 Å². The van der Waals surface area contributed by atoms with Gasteiger partial charge in [0, 0.05) is 29.8 Å². The SMILES string of the molecule is Cc1cc2ccccc2n1CC(=O)NCC(C)(C)CO. The van der Waals surface area contributed by atoms with Crippen molar-refractivity contribution in [3.8, 4) is 0 Å². The Balaban J connectivity index is 2.09. The molecule has 2 rings (SSSR count). The highest BCUT2D eigenvalue weighted by Crippen LogP contribution is 2.19. The third-order valence-corrected chi connectivity index (χ3v) is 3.51. The number of rotatable bonds is 5. The van der Waals surface area contributed by atoms with Gasteiger partial charge in [-0.15, -0.1) is 0 Å². The normalized spacial score (nSPS) is 11.8. The van der Waals surface area contributed by atoms with Gasteiger partial charge in [0.25, 0.3) is 0 Å². The first-order valence-electron chi connectivity index (χ1n) is 6.85. The number of hydrogen-bond acceptors (Lipinski definition) is 2. The smallest absolute Gasteiger partial charge is 0.239 e. The van der Waals surface area contributed by atoms with Crippen molar-refractivity contribution in [1.29, 1.82) is 0 Å².